The number of hydrogen-bond donors (Lipinski definition) is 1. The molecule has 17 heavy (non-hydrogen) atoms. The summed E-state index contributed by atoms with van der Waals surface area (Å²) in [7, 11) is 1.52. The lowest BCUT2D eigenvalue weighted by molar-refractivity contribution is 0.373. The van der Waals surface area contributed by atoms with Gasteiger partial charge in [0.15, 0.2) is 11.5 Å². The molecule has 0 aliphatic rings. The number of methoxy groups -OCH3 is 1. The highest BCUT2D eigenvalue weighted by Gasteiger charge is 2.06. The molecule has 0 saturated heterocycles. The van der Waals surface area contributed by atoms with Gasteiger partial charge in [0.1, 0.15) is 0 Å². The molecule has 0 aromatic heterocycles. The standard InChI is InChI=1S/C15H12O2/c1-3-11-6-4-5-7-13(11)12-8-9-15(17-2)14(16)10-12/h1,4-10,16H,2H3. The van der Waals surface area contributed by atoms with E-state index in [1.807, 2.05) is 30.3 Å². The van der Waals surface area contributed by atoms with Crippen LogP contribution in [0.15, 0.2) is 42.5 Å². The maximum Gasteiger partial charge on any atom is 0.160 e. The van der Waals surface area contributed by atoms with E-state index in [0.29, 0.717) is 5.75 Å². The van der Waals surface area contributed by atoms with E-state index in [-0.39, 0.29) is 5.75 Å². The van der Waals surface area contributed by atoms with Crippen LogP contribution in [0.1, 0.15) is 5.56 Å². The van der Waals surface area contributed by atoms with E-state index < -0.39 is 0 Å². The molecule has 2 nitrogen and oxygen atoms in total. The third-order valence-corrected chi connectivity index (χ3v) is 2.57. The molecule has 0 unspecified atom stereocenters. The fraction of sp³-hybridized carbons (Fsp3) is 0.0667. The highest BCUT2D eigenvalue weighted by atomic mass is 16.5. The Labute approximate surface area is 100 Å². The fourth-order valence-corrected chi connectivity index (χ4v) is 1.72. The van der Waals surface area contributed by atoms with Crippen molar-refractivity contribution in [2.75, 3.05) is 7.11 Å². The number of ether oxygens (including phenoxy) is 1. The number of hydrogen-bond acceptors (Lipinski definition) is 2. The normalized spacial score (nSPS) is 9.65. The molecule has 0 saturated carbocycles. The van der Waals surface area contributed by atoms with Crippen LogP contribution in [0.4, 0.5) is 0 Å². The summed E-state index contributed by atoms with van der Waals surface area (Å²) in [4.78, 5) is 0. The van der Waals surface area contributed by atoms with Gasteiger partial charge >= 0.3 is 0 Å². The van der Waals surface area contributed by atoms with Gasteiger partial charge in [-0.15, -0.1) is 6.42 Å². The van der Waals surface area contributed by atoms with Crippen molar-refractivity contribution < 1.29 is 9.84 Å². The second-order valence-corrected chi connectivity index (χ2v) is 3.58. The minimum atomic E-state index is 0.108. The topological polar surface area (TPSA) is 29.5 Å². The number of benzene rings is 2. The van der Waals surface area contributed by atoms with Crippen LogP contribution in [0.5, 0.6) is 11.5 Å². The van der Waals surface area contributed by atoms with Gasteiger partial charge in [-0.2, -0.15) is 0 Å². The van der Waals surface area contributed by atoms with Gasteiger partial charge < -0.3 is 9.84 Å². The second-order valence-electron chi connectivity index (χ2n) is 3.58. The third-order valence-electron chi connectivity index (χ3n) is 2.57. The molecule has 2 rings (SSSR count). The van der Waals surface area contributed by atoms with E-state index in [0.717, 1.165) is 16.7 Å². The Hall–Kier alpha value is -2.40. The lowest BCUT2D eigenvalue weighted by Crippen LogP contribution is -1.86. The molecule has 2 aromatic rings. The number of phenols is 1. The maximum absolute atomic E-state index is 9.74. The molecular weight excluding hydrogens is 212 g/mol. The fourth-order valence-electron chi connectivity index (χ4n) is 1.72. The molecule has 0 radical (unpaired) electrons. The van der Waals surface area contributed by atoms with E-state index in [1.54, 1.807) is 12.1 Å². The monoisotopic (exact) mass is 224 g/mol. The summed E-state index contributed by atoms with van der Waals surface area (Å²) < 4.78 is 5.00. The van der Waals surface area contributed by atoms with Crippen LogP contribution >= 0.6 is 0 Å². The van der Waals surface area contributed by atoms with E-state index in [2.05, 4.69) is 5.92 Å². The zero-order valence-corrected chi connectivity index (χ0v) is 9.47. The Kier molecular flexibility index (Phi) is 3.02. The van der Waals surface area contributed by atoms with Gasteiger partial charge in [0.25, 0.3) is 0 Å². The van der Waals surface area contributed by atoms with Gasteiger partial charge in [-0.05, 0) is 29.3 Å². The van der Waals surface area contributed by atoms with E-state index in [1.165, 1.54) is 7.11 Å². The second kappa shape index (κ2) is 4.63. The van der Waals surface area contributed by atoms with Crippen LogP contribution < -0.4 is 4.74 Å². The molecule has 0 aliphatic carbocycles. The number of aromatic hydroxyl groups is 1. The first-order valence-electron chi connectivity index (χ1n) is 5.19. The number of rotatable bonds is 2. The molecule has 0 amide bonds. The zero-order chi connectivity index (χ0) is 12.3. The Balaban J connectivity index is 2.54. The van der Waals surface area contributed by atoms with E-state index >= 15 is 0 Å². The van der Waals surface area contributed by atoms with Crippen LogP contribution in [0.25, 0.3) is 11.1 Å². The Morgan fingerprint density at radius 1 is 1.18 bits per heavy atom. The summed E-state index contributed by atoms with van der Waals surface area (Å²) in [6.45, 7) is 0. The van der Waals surface area contributed by atoms with Crippen molar-refractivity contribution in [3.05, 3.63) is 48.0 Å². The molecule has 84 valence electrons. The molecule has 0 spiro atoms. The first-order chi connectivity index (χ1) is 8.26. The predicted octanol–water partition coefficient (Wildman–Crippen LogP) is 3.05. The van der Waals surface area contributed by atoms with Crippen LogP contribution in [-0.2, 0) is 0 Å². The van der Waals surface area contributed by atoms with Crippen molar-refractivity contribution in [1.29, 1.82) is 0 Å². The SMILES string of the molecule is C#Cc1ccccc1-c1ccc(OC)c(O)c1. The number of phenolic OH excluding ortho intramolecular Hbond substituents is 1. The molecule has 2 aromatic carbocycles. The highest BCUT2D eigenvalue weighted by Crippen LogP contribution is 2.32. The lowest BCUT2D eigenvalue weighted by atomic mass is 10.00. The Bertz CT molecular complexity index is 580. The lowest BCUT2D eigenvalue weighted by Gasteiger charge is -2.08. The first-order valence-corrected chi connectivity index (χ1v) is 5.19. The van der Waals surface area contributed by atoms with Gasteiger partial charge in [-0.1, -0.05) is 30.2 Å². The zero-order valence-electron chi connectivity index (χ0n) is 9.47. The average molecular weight is 224 g/mol. The van der Waals surface area contributed by atoms with Crippen molar-refractivity contribution in [3.8, 4) is 35.0 Å². The van der Waals surface area contributed by atoms with E-state index in [4.69, 9.17) is 11.2 Å². The maximum atomic E-state index is 9.74. The summed E-state index contributed by atoms with van der Waals surface area (Å²) in [5.74, 6) is 3.19. The van der Waals surface area contributed by atoms with Gasteiger partial charge in [-0.3, -0.25) is 0 Å². The smallest absolute Gasteiger partial charge is 0.160 e. The van der Waals surface area contributed by atoms with Crippen molar-refractivity contribution in [2.45, 2.75) is 0 Å². The van der Waals surface area contributed by atoms with Crippen molar-refractivity contribution in [3.63, 3.8) is 0 Å². The molecular formula is C15H12O2. The molecule has 0 heterocycles. The molecule has 0 bridgehead atoms. The average Bonchev–Trinajstić information content (AvgIpc) is 2.38. The van der Waals surface area contributed by atoms with Gasteiger partial charge in [0.2, 0.25) is 0 Å². The van der Waals surface area contributed by atoms with E-state index in [9.17, 15) is 5.11 Å². The first kappa shape index (κ1) is 11.1. The number of terminal acetylenes is 1. The summed E-state index contributed by atoms with van der Waals surface area (Å²) in [5.41, 5.74) is 2.60. The molecule has 0 atom stereocenters. The predicted molar refractivity (Wildman–Crippen MR) is 68.0 cm³/mol. The quantitative estimate of drug-likeness (QED) is 0.794. The van der Waals surface area contributed by atoms with Crippen molar-refractivity contribution in [1.82, 2.24) is 0 Å². The minimum Gasteiger partial charge on any atom is -0.504 e. The van der Waals surface area contributed by atoms with Gasteiger partial charge in [0, 0.05) is 5.56 Å². The van der Waals surface area contributed by atoms with Crippen LogP contribution in [0, 0.1) is 12.3 Å². The summed E-state index contributed by atoms with van der Waals surface area (Å²) in [6.07, 6.45) is 5.44. The molecule has 2 heteroatoms. The Morgan fingerprint density at radius 2 is 1.94 bits per heavy atom. The largest absolute Gasteiger partial charge is 0.504 e. The van der Waals surface area contributed by atoms with Crippen LogP contribution in [0.2, 0.25) is 0 Å². The van der Waals surface area contributed by atoms with Crippen molar-refractivity contribution >= 4 is 0 Å². The Morgan fingerprint density at radius 3 is 2.59 bits per heavy atom. The highest BCUT2D eigenvalue weighted by molar-refractivity contribution is 5.73. The minimum absolute atomic E-state index is 0.108. The summed E-state index contributed by atoms with van der Waals surface area (Å²) in [6, 6.07) is 12.8. The summed E-state index contributed by atoms with van der Waals surface area (Å²) >= 11 is 0. The third kappa shape index (κ3) is 2.09. The molecule has 0 fully saturated rings. The van der Waals surface area contributed by atoms with Crippen molar-refractivity contribution in [2.24, 2.45) is 0 Å². The summed E-state index contributed by atoms with van der Waals surface area (Å²) in [5, 5.41) is 9.74. The molecule has 1 N–H and O–H groups in total. The van der Waals surface area contributed by atoms with Gasteiger partial charge in [0.05, 0.1) is 7.11 Å². The van der Waals surface area contributed by atoms with Gasteiger partial charge in [-0.25, -0.2) is 0 Å². The van der Waals surface area contributed by atoms with Crippen LogP contribution in [-0.4, -0.2) is 12.2 Å². The molecule has 0 aliphatic heterocycles. The van der Waals surface area contributed by atoms with Crippen LogP contribution in [0.3, 0.4) is 0 Å².